The fourth-order valence-corrected chi connectivity index (χ4v) is 2.09. The van der Waals surface area contributed by atoms with E-state index in [1.165, 1.54) is 0 Å². The quantitative estimate of drug-likeness (QED) is 0.690. The van der Waals surface area contributed by atoms with Crippen LogP contribution in [0.2, 0.25) is 5.02 Å². The molecule has 0 radical (unpaired) electrons. The molecule has 0 saturated heterocycles. The maximum Gasteiger partial charge on any atom is 0.384 e. The molecule has 22 heavy (non-hydrogen) atoms. The van der Waals surface area contributed by atoms with Crippen molar-refractivity contribution in [1.29, 1.82) is 0 Å². The number of H-pyrrole nitrogens is 1. The molecule has 1 N–H and O–H groups in total. The number of benzene rings is 2. The molecule has 3 rings (SSSR count). The van der Waals surface area contributed by atoms with Crippen LogP contribution < -0.4 is 5.63 Å². The van der Waals surface area contributed by atoms with Gasteiger partial charge in [0.25, 0.3) is 0 Å². The Labute approximate surface area is 131 Å². The van der Waals surface area contributed by atoms with Gasteiger partial charge in [0.2, 0.25) is 0 Å². The van der Waals surface area contributed by atoms with E-state index in [-0.39, 0.29) is 5.69 Å². The first-order valence-corrected chi connectivity index (χ1v) is 6.97. The Kier molecular flexibility index (Phi) is 3.89. The van der Waals surface area contributed by atoms with Crippen LogP contribution in [0.5, 0.6) is 0 Å². The van der Waals surface area contributed by atoms with E-state index in [1.807, 2.05) is 48.5 Å². The maximum atomic E-state index is 11.4. The summed E-state index contributed by atoms with van der Waals surface area (Å²) in [5.41, 5.74) is 2.97. The molecule has 6 heteroatoms. The van der Waals surface area contributed by atoms with Gasteiger partial charge >= 0.3 is 5.63 Å². The Morgan fingerprint density at radius 2 is 1.55 bits per heavy atom. The van der Waals surface area contributed by atoms with Gasteiger partial charge in [-0.2, -0.15) is 5.11 Å². The molecule has 0 bridgehead atoms. The van der Waals surface area contributed by atoms with Crippen molar-refractivity contribution < 1.29 is 4.52 Å². The molecule has 0 fully saturated rings. The summed E-state index contributed by atoms with van der Waals surface area (Å²) in [4.78, 5) is 11.4. The van der Waals surface area contributed by atoms with Crippen molar-refractivity contribution in [2.75, 3.05) is 0 Å². The Balaban J connectivity index is 1.83. The Bertz CT molecular complexity index is 862. The molecule has 0 amide bonds. The van der Waals surface area contributed by atoms with Gasteiger partial charge in [-0.3, -0.25) is 0 Å². The number of aromatic amines is 1. The van der Waals surface area contributed by atoms with Gasteiger partial charge in [0, 0.05) is 5.02 Å². The first kappa shape index (κ1) is 14.3. The van der Waals surface area contributed by atoms with E-state index < -0.39 is 5.63 Å². The van der Waals surface area contributed by atoms with Crippen LogP contribution in [-0.4, -0.2) is 5.16 Å². The molecule has 0 aliphatic rings. The van der Waals surface area contributed by atoms with Crippen LogP contribution >= 0.6 is 11.6 Å². The second kappa shape index (κ2) is 5.99. The van der Waals surface area contributed by atoms with Crippen molar-refractivity contribution in [3.63, 3.8) is 0 Å². The highest BCUT2D eigenvalue weighted by Crippen LogP contribution is 2.25. The molecule has 0 atom stereocenters. The van der Waals surface area contributed by atoms with Gasteiger partial charge in [-0.25, -0.2) is 9.95 Å². The van der Waals surface area contributed by atoms with Gasteiger partial charge in [-0.05, 0) is 42.3 Å². The molecule has 5 nitrogen and oxygen atoms in total. The third-order valence-electron chi connectivity index (χ3n) is 3.16. The van der Waals surface area contributed by atoms with Crippen LogP contribution in [-0.2, 0) is 0 Å². The zero-order valence-electron chi connectivity index (χ0n) is 11.7. The van der Waals surface area contributed by atoms with Gasteiger partial charge in [0.1, 0.15) is 0 Å². The lowest BCUT2D eigenvalue weighted by atomic mass is 10.1. The number of halogens is 1. The standard InChI is InChI=1S/C16H12ClN3O2/c1-10-15(16(21)22-20-10)19-18-14-8-4-12(5-9-14)11-2-6-13(17)7-3-11/h2-9,20H,1H3. The summed E-state index contributed by atoms with van der Waals surface area (Å²) in [6, 6.07) is 15.1. The van der Waals surface area contributed by atoms with Crippen molar-refractivity contribution in [2.24, 2.45) is 10.2 Å². The van der Waals surface area contributed by atoms with Crippen LogP contribution in [0, 0.1) is 6.92 Å². The Morgan fingerprint density at radius 1 is 0.955 bits per heavy atom. The topological polar surface area (TPSA) is 70.7 Å². The van der Waals surface area contributed by atoms with Gasteiger partial charge in [-0.15, -0.1) is 5.11 Å². The predicted octanol–water partition coefficient (Wildman–Crippen LogP) is 5.01. The molecule has 0 saturated carbocycles. The number of aromatic nitrogens is 1. The fraction of sp³-hybridized carbons (Fsp3) is 0.0625. The number of nitrogens with one attached hydrogen (secondary N) is 1. The van der Waals surface area contributed by atoms with E-state index in [1.54, 1.807) is 6.92 Å². The van der Waals surface area contributed by atoms with Crippen molar-refractivity contribution >= 4 is 23.0 Å². The van der Waals surface area contributed by atoms with Crippen LogP contribution in [0.15, 0.2) is 68.1 Å². The van der Waals surface area contributed by atoms with E-state index in [2.05, 4.69) is 19.9 Å². The SMILES string of the molecule is Cc1[nH]oc(=O)c1N=Nc1ccc(-c2ccc(Cl)cc2)cc1. The van der Waals surface area contributed by atoms with Gasteiger partial charge < -0.3 is 4.52 Å². The Morgan fingerprint density at radius 3 is 2.09 bits per heavy atom. The average Bonchev–Trinajstić information content (AvgIpc) is 2.85. The highest BCUT2D eigenvalue weighted by molar-refractivity contribution is 6.30. The second-order valence-corrected chi connectivity index (χ2v) is 5.16. The smallest absolute Gasteiger partial charge is 0.336 e. The van der Waals surface area contributed by atoms with Crippen molar-refractivity contribution in [2.45, 2.75) is 6.92 Å². The summed E-state index contributed by atoms with van der Waals surface area (Å²) >= 11 is 5.88. The normalized spacial score (nSPS) is 11.2. The van der Waals surface area contributed by atoms with E-state index in [0.29, 0.717) is 16.4 Å². The van der Waals surface area contributed by atoms with Crippen molar-refractivity contribution in [3.8, 4) is 11.1 Å². The van der Waals surface area contributed by atoms with E-state index in [0.717, 1.165) is 11.1 Å². The lowest BCUT2D eigenvalue weighted by molar-refractivity contribution is 0.388. The zero-order chi connectivity index (χ0) is 15.5. The highest BCUT2D eigenvalue weighted by Gasteiger charge is 2.06. The van der Waals surface area contributed by atoms with Crippen molar-refractivity contribution in [1.82, 2.24) is 5.16 Å². The number of aryl methyl sites for hydroxylation is 1. The first-order chi connectivity index (χ1) is 10.6. The monoisotopic (exact) mass is 313 g/mol. The summed E-state index contributed by atoms with van der Waals surface area (Å²) in [7, 11) is 0. The molecule has 2 aromatic carbocycles. The number of rotatable bonds is 3. The van der Waals surface area contributed by atoms with Crippen LogP contribution in [0.1, 0.15) is 5.69 Å². The van der Waals surface area contributed by atoms with Crippen LogP contribution in [0.25, 0.3) is 11.1 Å². The molecule has 1 heterocycles. The Hall–Kier alpha value is -2.66. The molecule has 0 aliphatic carbocycles. The maximum absolute atomic E-state index is 11.4. The van der Waals surface area contributed by atoms with Crippen LogP contribution in [0.3, 0.4) is 0 Å². The summed E-state index contributed by atoms with van der Waals surface area (Å²) in [6.45, 7) is 1.70. The molecular weight excluding hydrogens is 302 g/mol. The van der Waals surface area contributed by atoms with Crippen molar-refractivity contribution in [3.05, 3.63) is 69.7 Å². The molecule has 110 valence electrons. The summed E-state index contributed by atoms with van der Waals surface area (Å²) in [5, 5.41) is 11.1. The third-order valence-corrected chi connectivity index (χ3v) is 3.41. The van der Waals surface area contributed by atoms with E-state index in [4.69, 9.17) is 11.6 Å². The summed E-state index contributed by atoms with van der Waals surface area (Å²) in [5.74, 6) is 0. The van der Waals surface area contributed by atoms with Gasteiger partial charge in [0.15, 0.2) is 5.69 Å². The highest BCUT2D eigenvalue weighted by atomic mass is 35.5. The lowest BCUT2D eigenvalue weighted by Gasteiger charge is -2.01. The average molecular weight is 314 g/mol. The molecular formula is C16H12ClN3O2. The predicted molar refractivity (Wildman–Crippen MR) is 85.1 cm³/mol. The third kappa shape index (κ3) is 2.99. The molecule has 0 unspecified atom stereocenters. The van der Waals surface area contributed by atoms with Gasteiger partial charge in [0.05, 0.1) is 11.4 Å². The lowest BCUT2D eigenvalue weighted by Crippen LogP contribution is -1.89. The fourth-order valence-electron chi connectivity index (χ4n) is 1.96. The van der Waals surface area contributed by atoms with Gasteiger partial charge in [-0.1, -0.05) is 35.9 Å². The minimum absolute atomic E-state index is 0.182. The van der Waals surface area contributed by atoms with E-state index >= 15 is 0 Å². The number of hydrogen-bond acceptors (Lipinski definition) is 4. The number of nitrogens with zero attached hydrogens (tertiary/aromatic N) is 2. The molecule has 1 aromatic heterocycles. The van der Waals surface area contributed by atoms with Crippen LogP contribution in [0.4, 0.5) is 11.4 Å². The molecule has 0 spiro atoms. The minimum atomic E-state index is -0.529. The zero-order valence-corrected chi connectivity index (χ0v) is 12.5. The molecule has 3 aromatic rings. The number of hydrogen-bond donors (Lipinski definition) is 1. The summed E-state index contributed by atoms with van der Waals surface area (Å²) < 4.78 is 4.63. The number of azo groups is 1. The first-order valence-electron chi connectivity index (χ1n) is 6.59. The molecule has 0 aliphatic heterocycles. The minimum Gasteiger partial charge on any atom is -0.336 e. The largest absolute Gasteiger partial charge is 0.384 e. The van der Waals surface area contributed by atoms with E-state index in [9.17, 15) is 4.79 Å². The second-order valence-electron chi connectivity index (χ2n) is 4.72. The summed E-state index contributed by atoms with van der Waals surface area (Å²) in [6.07, 6.45) is 0.